The number of aliphatic hydroxyl groups is 4. The van der Waals surface area contributed by atoms with E-state index in [1.807, 2.05) is 18.2 Å². The first-order valence-corrected chi connectivity index (χ1v) is 8.58. The standard InChI is InChI=1S/C20H20O6/c21-9-14-17(23)18(24)19(25)20(26-14)13-7-3-5-11-8-10-4-1-2-6-12(10)16(22)15(11)13/h1-7,14,17-21,23-25H,8-9H2/t14-,17-,18+,19-,20?/m1/s1. The second-order valence-electron chi connectivity index (χ2n) is 6.79. The van der Waals surface area contributed by atoms with E-state index < -0.39 is 37.1 Å². The molecule has 1 aliphatic carbocycles. The van der Waals surface area contributed by atoms with E-state index in [4.69, 9.17) is 4.74 Å². The predicted octanol–water partition coefficient (Wildman–Crippen LogP) is 0.337. The molecule has 6 nitrogen and oxygen atoms in total. The molecule has 0 spiro atoms. The van der Waals surface area contributed by atoms with Gasteiger partial charge in [-0.3, -0.25) is 4.79 Å². The van der Waals surface area contributed by atoms with E-state index in [9.17, 15) is 25.2 Å². The van der Waals surface area contributed by atoms with E-state index in [0.717, 1.165) is 11.1 Å². The van der Waals surface area contributed by atoms with Gasteiger partial charge in [0, 0.05) is 11.1 Å². The Balaban J connectivity index is 1.79. The smallest absolute Gasteiger partial charge is 0.193 e. The first-order valence-electron chi connectivity index (χ1n) is 8.58. The number of ketones is 1. The summed E-state index contributed by atoms with van der Waals surface area (Å²) in [6.45, 7) is -0.507. The van der Waals surface area contributed by atoms with Gasteiger partial charge in [-0.05, 0) is 23.1 Å². The van der Waals surface area contributed by atoms with Crippen LogP contribution in [0.3, 0.4) is 0 Å². The van der Waals surface area contributed by atoms with Crippen LogP contribution in [0.1, 0.15) is 38.7 Å². The summed E-state index contributed by atoms with van der Waals surface area (Å²) in [5.41, 5.74) is 3.28. The van der Waals surface area contributed by atoms with Crippen LogP contribution in [0.4, 0.5) is 0 Å². The summed E-state index contributed by atoms with van der Waals surface area (Å²) in [5.74, 6) is -0.158. The van der Waals surface area contributed by atoms with Gasteiger partial charge in [0.15, 0.2) is 5.78 Å². The Morgan fingerprint density at radius 2 is 1.65 bits per heavy atom. The van der Waals surface area contributed by atoms with Crippen LogP contribution in [-0.4, -0.2) is 57.2 Å². The Kier molecular flexibility index (Phi) is 4.38. The molecule has 0 amide bonds. The van der Waals surface area contributed by atoms with Gasteiger partial charge >= 0.3 is 0 Å². The van der Waals surface area contributed by atoms with Crippen molar-refractivity contribution in [3.8, 4) is 0 Å². The Bertz CT molecular complexity index is 846. The van der Waals surface area contributed by atoms with E-state index in [1.54, 1.807) is 24.3 Å². The van der Waals surface area contributed by atoms with E-state index in [0.29, 0.717) is 23.1 Å². The molecule has 1 fully saturated rings. The van der Waals surface area contributed by atoms with Crippen molar-refractivity contribution in [1.29, 1.82) is 0 Å². The molecule has 0 saturated carbocycles. The van der Waals surface area contributed by atoms with Gasteiger partial charge in [-0.2, -0.15) is 0 Å². The molecule has 4 rings (SSSR count). The third-order valence-corrected chi connectivity index (χ3v) is 5.25. The molecule has 1 aliphatic heterocycles. The maximum absolute atomic E-state index is 13.1. The largest absolute Gasteiger partial charge is 0.394 e. The minimum atomic E-state index is -1.48. The van der Waals surface area contributed by atoms with E-state index in [2.05, 4.69) is 0 Å². The molecule has 2 aromatic carbocycles. The summed E-state index contributed by atoms with van der Waals surface area (Å²) in [6, 6.07) is 12.7. The van der Waals surface area contributed by atoms with Crippen LogP contribution in [-0.2, 0) is 11.2 Å². The van der Waals surface area contributed by atoms with E-state index in [-0.39, 0.29) is 5.78 Å². The molecule has 4 N–H and O–H groups in total. The summed E-state index contributed by atoms with van der Waals surface area (Å²) in [7, 11) is 0. The van der Waals surface area contributed by atoms with Gasteiger partial charge in [-0.25, -0.2) is 0 Å². The van der Waals surface area contributed by atoms with Gasteiger partial charge in [-0.1, -0.05) is 42.5 Å². The lowest BCUT2D eigenvalue weighted by molar-refractivity contribution is -0.231. The second kappa shape index (κ2) is 6.57. The van der Waals surface area contributed by atoms with Crippen molar-refractivity contribution in [2.45, 2.75) is 36.9 Å². The molecule has 1 heterocycles. The first kappa shape index (κ1) is 17.3. The van der Waals surface area contributed by atoms with E-state index >= 15 is 0 Å². The summed E-state index contributed by atoms with van der Waals surface area (Å²) in [6.07, 6.45) is -5.77. The number of benzene rings is 2. The molecule has 1 saturated heterocycles. The average Bonchev–Trinajstić information content (AvgIpc) is 2.66. The molecule has 0 aromatic heterocycles. The minimum Gasteiger partial charge on any atom is -0.394 e. The third kappa shape index (κ3) is 2.58. The third-order valence-electron chi connectivity index (χ3n) is 5.25. The first-order chi connectivity index (χ1) is 12.5. The molecule has 0 radical (unpaired) electrons. The van der Waals surface area contributed by atoms with Crippen molar-refractivity contribution in [2.24, 2.45) is 0 Å². The maximum atomic E-state index is 13.1. The second-order valence-corrected chi connectivity index (χ2v) is 6.79. The fraction of sp³-hybridized carbons (Fsp3) is 0.350. The van der Waals surface area contributed by atoms with Gasteiger partial charge in [0.25, 0.3) is 0 Å². The Morgan fingerprint density at radius 3 is 2.42 bits per heavy atom. The molecule has 6 heteroatoms. The van der Waals surface area contributed by atoms with Crippen molar-refractivity contribution in [1.82, 2.24) is 0 Å². The number of carbonyl (C=O) groups excluding carboxylic acids is 1. The number of ether oxygens (including phenoxy) is 1. The Labute approximate surface area is 150 Å². The number of fused-ring (bicyclic) bond motifs is 2. The molecule has 2 aliphatic rings. The normalized spacial score (nSPS) is 30.6. The summed E-state index contributed by atoms with van der Waals surface area (Å²) >= 11 is 0. The van der Waals surface area contributed by atoms with Crippen molar-refractivity contribution in [2.75, 3.05) is 6.61 Å². The van der Waals surface area contributed by atoms with Crippen LogP contribution in [0.25, 0.3) is 0 Å². The number of aliphatic hydroxyl groups excluding tert-OH is 4. The lowest BCUT2D eigenvalue weighted by Crippen LogP contribution is -2.55. The zero-order valence-corrected chi connectivity index (χ0v) is 13.9. The zero-order valence-electron chi connectivity index (χ0n) is 13.9. The highest BCUT2D eigenvalue weighted by atomic mass is 16.5. The van der Waals surface area contributed by atoms with Gasteiger partial charge in [0.05, 0.1) is 6.61 Å². The molecule has 5 atom stereocenters. The average molecular weight is 356 g/mol. The van der Waals surface area contributed by atoms with Crippen LogP contribution >= 0.6 is 0 Å². The number of rotatable bonds is 2. The van der Waals surface area contributed by atoms with Crippen LogP contribution in [0.2, 0.25) is 0 Å². The van der Waals surface area contributed by atoms with Crippen LogP contribution in [0, 0.1) is 0 Å². The maximum Gasteiger partial charge on any atom is 0.193 e. The molecule has 26 heavy (non-hydrogen) atoms. The lowest BCUT2D eigenvalue weighted by atomic mass is 9.79. The van der Waals surface area contributed by atoms with E-state index in [1.165, 1.54) is 0 Å². The van der Waals surface area contributed by atoms with Gasteiger partial charge in [0.1, 0.15) is 30.5 Å². The molecule has 1 unspecified atom stereocenters. The molecule has 2 aromatic rings. The highest BCUT2D eigenvalue weighted by Crippen LogP contribution is 2.38. The Hall–Kier alpha value is -2.09. The minimum absolute atomic E-state index is 0.158. The summed E-state index contributed by atoms with van der Waals surface area (Å²) < 4.78 is 5.66. The van der Waals surface area contributed by atoms with Crippen LogP contribution in [0.15, 0.2) is 42.5 Å². The predicted molar refractivity (Wildman–Crippen MR) is 91.8 cm³/mol. The van der Waals surface area contributed by atoms with Crippen LogP contribution < -0.4 is 0 Å². The number of hydrogen-bond acceptors (Lipinski definition) is 6. The van der Waals surface area contributed by atoms with Gasteiger partial charge in [0.2, 0.25) is 0 Å². The number of carbonyl (C=O) groups is 1. The van der Waals surface area contributed by atoms with Crippen molar-refractivity contribution in [3.05, 3.63) is 70.3 Å². The van der Waals surface area contributed by atoms with Crippen LogP contribution in [0.5, 0.6) is 0 Å². The zero-order chi connectivity index (χ0) is 18.4. The fourth-order valence-corrected chi connectivity index (χ4v) is 3.88. The fourth-order valence-electron chi connectivity index (χ4n) is 3.88. The highest BCUT2D eigenvalue weighted by Gasteiger charge is 2.45. The van der Waals surface area contributed by atoms with Gasteiger partial charge in [-0.15, -0.1) is 0 Å². The molecular formula is C20H20O6. The Morgan fingerprint density at radius 1 is 0.923 bits per heavy atom. The summed E-state index contributed by atoms with van der Waals surface area (Å²) in [5, 5.41) is 39.9. The van der Waals surface area contributed by atoms with Gasteiger partial charge < -0.3 is 25.2 Å². The number of hydrogen-bond donors (Lipinski definition) is 4. The lowest BCUT2D eigenvalue weighted by Gasteiger charge is -2.41. The molecule has 0 bridgehead atoms. The van der Waals surface area contributed by atoms with Crippen molar-refractivity contribution < 1.29 is 30.0 Å². The molecule has 136 valence electrons. The summed E-state index contributed by atoms with van der Waals surface area (Å²) in [4.78, 5) is 13.1. The van der Waals surface area contributed by atoms with Crippen molar-refractivity contribution >= 4 is 5.78 Å². The topological polar surface area (TPSA) is 107 Å². The highest BCUT2D eigenvalue weighted by molar-refractivity contribution is 6.13. The quantitative estimate of drug-likeness (QED) is 0.527. The SMILES string of the molecule is O=C1c2ccccc2Cc2cccc(C3O[C@H](CO)[C@@H](O)[C@H](O)[C@H]3O)c21. The molecular weight excluding hydrogens is 336 g/mol. The van der Waals surface area contributed by atoms with Crippen molar-refractivity contribution in [3.63, 3.8) is 0 Å². The monoisotopic (exact) mass is 356 g/mol.